The molecule has 12 nitrogen and oxygen atoms in total. The number of methoxy groups -OCH3 is 1. The van der Waals surface area contributed by atoms with Gasteiger partial charge in [-0.25, -0.2) is 15.0 Å². The van der Waals surface area contributed by atoms with Crippen LogP contribution in [0.3, 0.4) is 0 Å². The van der Waals surface area contributed by atoms with Gasteiger partial charge in [0.1, 0.15) is 10.8 Å². The smallest absolute Gasteiger partial charge is 0.343 e. The number of aryl methyl sites for hydroxylation is 1. The average Bonchev–Trinajstić information content (AvgIpc) is 3.50. The lowest BCUT2D eigenvalue weighted by molar-refractivity contribution is -0.384. The van der Waals surface area contributed by atoms with Gasteiger partial charge >= 0.3 is 23.8 Å². The van der Waals surface area contributed by atoms with Gasteiger partial charge in [-0.15, -0.1) is 11.3 Å². The third-order valence-corrected chi connectivity index (χ3v) is 6.76. The Hall–Kier alpha value is -4.91. The number of rotatable bonds is 7. The van der Waals surface area contributed by atoms with Crippen molar-refractivity contribution in [2.24, 2.45) is 5.10 Å². The molecule has 0 atom stereocenters. The lowest BCUT2D eigenvalue weighted by Gasteiger charge is -2.07. The number of nitrogens with zero attached hydrogens (tertiary/aromatic N) is 2. The monoisotopic (exact) mass is 536 g/mol. The summed E-state index contributed by atoms with van der Waals surface area (Å²) < 4.78 is 10.2. The Morgan fingerprint density at radius 1 is 1.03 bits per heavy atom. The highest BCUT2D eigenvalue weighted by Crippen LogP contribution is 2.39. The molecule has 0 aliphatic heterocycles. The van der Waals surface area contributed by atoms with Crippen LogP contribution in [0.25, 0.3) is 0 Å². The van der Waals surface area contributed by atoms with Crippen molar-refractivity contribution in [1.29, 1.82) is 0 Å². The number of nitro benzene ring substituents is 1. The number of para-hydroxylation sites is 1. The molecule has 1 aliphatic carbocycles. The zero-order valence-corrected chi connectivity index (χ0v) is 20.7. The number of hydrogen-bond donors (Lipinski definition) is 2. The first kappa shape index (κ1) is 26.2. The molecule has 0 fully saturated rings. The van der Waals surface area contributed by atoms with Crippen molar-refractivity contribution in [1.82, 2.24) is 5.43 Å². The fraction of sp³-hybridized carbons (Fsp3) is 0.160. The van der Waals surface area contributed by atoms with Crippen molar-refractivity contribution < 1.29 is 33.6 Å². The molecule has 0 unspecified atom stereocenters. The van der Waals surface area contributed by atoms with Gasteiger partial charge in [0.05, 0.1) is 29.4 Å². The molecule has 2 amide bonds. The van der Waals surface area contributed by atoms with E-state index in [1.165, 1.54) is 55.0 Å². The number of amides is 2. The maximum Gasteiger partial charge on any atom is 0.343 e. The molecule has 0 spiro atoms. The highest BCUT2D eigenvalue weighted by atomic mass is 32.1. The summed E-state index contributed by atoms with van der Waals surface area (Å²) in [5.41, 5.74) is 3.43. The number of non-ortho nitro benzene ring substituents is 1. The summed E-state index contributed by atoms with van der Waals surface area (Å²) in [5.74, 6) is -3.34. The van der Waals surface area contributed by atoms with Crippen molar-refractivity contribution >= 4 is 52.0 Å². The number of nitro groups is 1. The summed E-state index contributed by atoms with van der Waals surface area (Å²) in [4.78, 5) is 60.6. The maximum atomic E-state index is 12.4. The number of thiophene rings is 1. The number of benzene rings is 2. The fourth-order valence-corrected chi connectivity index (χ4v) is 5.01. The van der Waals surface area contributed by atoms with Crippen LogP contribution in [0.4, 0.5) is 10.7 Å². The van der Waals surface area contributed by atoms with Gasteiger partial charge in [-0.2, -0.15) is 5.10 Å². The molecule has 2 N–H and O–H groups in total. The molecule has 1 aromatic heterocycles. The molecule has 0 saturated heterocycles. The highest BCUT2D eigenvalue weighted by Gasteiger charge is 2.29. The van der Waals surface area contributed by atoms with Crippen LogP contribution < -0.4 is 15.5 Å². The number of carbonyl (C=O) groups excluding carboxylic acids is 4. The van der Waals surface area contributed by atoms with E-state index in [0.29, 0.717) is 12.0 Å². The van der Waals surface area contributed by atoms with Gasteiger partial charge in [-0.05, 0) is 49.1 Å². The van der Waals surface area contributed by atoms with E-state index in [2.05, 4.69) is 15.8 Å². The molecule has 4 rings (SSSR count). The third kappa shape index (κ3) is 5.73. The first-order valence-corrected chi connectivity index (χ1v) is 12.0. The molecule has 1 aliphatic rings. The predicted molar refractivity (Wildman–Crippen MR) is 137 cm³/mol. The number of esters is 2. The second-order valence-electron chi connectivity index (χ2n) is 7.94. The molecule has 3 aromatic rings. The van der Waals surface area contributed by atoms with E-state index in [-0.39, 0.29) is 27.6 Å². The first-order valence-electron chi connectivity index (χ1n) is 11.2. The van der Waals surface area contributed by atoms with Crippen molar-refractivity contribution in [2.45, 2.75) is 19.3 Å². The minimum Gasteiger partial charge on any atom is -0.465 e. The molecule has 1 heterocycles. The van der Waals surface area contributed by atoms with E-state index in [1.807, 2.05) is 0 Å². The Morgan fingerprint density at radius 3 is 2.47 bits per heavy atom. The van der Waals surface area contributed by atoms with Gasteiger partial charge in [0.15, 0.2) is 0 Å². The Kier molecular flexibility index (Phi) is 7.87. The summed E-state index contributed by atoms with van der Waals surface area (Å²) in [6, 6.07) is 11.2. The molecule has 0 bridgehead atoms. The van der Waals surface area contributed by atoms with Crippen molar-refractivity contribution in [2.75, 3.05) is 12.4 Å². The number of ether oxygens (including phenoxy) is 2. The van der Waals surface area contributed by atoms with Crippen LogP contribution in [0, 0.1) is 10.1 Å². The van der Waals surface area contributed by atoms with Gasteiger partial charge in [0.25, 0.3) is 5.69 Å². The molecular formula is C25H20N4O8S. The van der Waals surface area contributed by atoms with Crippen LogP contribution in [-0.2, 0) is 27.2 Å². The summed E-state index contributed by atoms with van der Waals surface area (Å²) in [6.45, 7) is 0. The molecule has 0 radical (unpaired) electrons. The topological polar surface area (TPSA) is 166 Å². The molecule has 13 heteroatoms. The van der Waals surface area contributed by atoms with Crippen molar-refractivity contribution in [3.63, 3.8) is 0 Å². The molecule has 38 heavy (non-hydrogen) atoms. The molecule has 194 valence electrons. The zero-order chi connectivity index (χ0) is 27.2. The lowest BCUT2D eigenvalue weighted by atomic mass is 10.1. The summed E-state index contributed by atoms with van der Waals surface area (Å²) in [7, 11) is 1.25. The average molecular weight is 537 g/mol. The minimum absolute atomic E-state index is 0.0955. The number of nitrogens with one attached hydrogen (secondary N) is 2. The van der Waals surface area contributed by atoms with E-state index in [9.17, 15) is 29.3 Å². The van der Waals surface area contributed by atoms with Gasteiger partial charge in [-0.1, -0.05) is 12.1 Å². The second kappa shape index (κ2) is 11.4. The first-order chi connectivity index (χ1) is 18.3. The second-order valence-corrected chi connectivity index (χ2v) is 9.04. The summed E-state index contributed by atoms with van der Waals surface area (Å²) >= 11 is 1.23. The van der Waals surface area contributed by atoms with Crippen LogP contribution in [0.2, 0.25) is 0 Å². The van der Waals surface area contributed by atoms with Crippen LogP contribution >= 0.6 is 11.3 Å². The van der Waals surface area contributed by atoms with Gasteiger partial charge < -0.3 is 14.8 Å². The Bertz CT molecular complexity index is 1460. The number of carbonyl (C=O) groups is 4. The Balaban J connectivity index is 1.40. The van der Waals surface area contributed by atoms with Crippen LogP contribution in [0.1, 0.15) is 43.1 Å². The summed E-state index contributed by atoms with van der Waals surface area (Å²) in [5, 5.41) is 17.2. The number of anilines is 1. The van der Waals surface area contributed by atoms with Crippen LogP contribution in [0.15, 0.2) is 53.6 Å². The zero-order valence-electron chi connectivity index (χ0n) is 19.9. The fourth-order valence-electron chi connectivity index (χ4n) is 3.74. The van der Waals surface area contributed by atoms with Gasteiger partial charge in [-0.3, -0.25) is 19.7 Å². The Labute approximate surface area is 219 Å². The predicted octanol–water partition coefficient (Wildman–Crippen LogP) is 3.24. The van der Waals surface area contributed by atoms with Gasteiger partial charge in [0, 0.05) is 22.6 Å². The number of hydrazone groups is 1. The normalized spacial score (nSPS) is 12.0. The summed E-state index contributed by atoms with van der Waals surface area (Å²) in [6.07, 6.45) is 3.56. The van der Waals surface area contributed by atoms with E-state index in [1.54, 1.807) is 18.2 Å². The largest absolute Gasteiger partial charge is 0.465 e. The maximum absolute atomic E-state index is 12.4. The third-order valence-electron chi connectivity index (χ3n) is 5.55. The van der Waals surface area contributed by atoms with Crippen molar-refractivity contribution in [3.8, 4) is 5.75 Å². The van der Waals surface area contributed by atoms with Crippen LogP contribution in [0.5, 0.6) is 5.75 Å². The number of fused-ring (bicyclic) bond motifs is 1. The van der Waals surface area contributed by atoms with Crippen molar-refractivity contribution in [3.05, 3.63) is 85.8 Å². The SMILES string of the molecule is COC(=O)c1c(NC(=O)C(=O)N/N=C/c2ccccc2OC(=O)c2ccc([N+](=O)[O-])cc2)sc2c1CCC2. The number of hydrogen-bond acceptors (Lipinski definition) is 10. The standard InChI is InChI=1S/C25H20N4O8S/c1-36-25(33)20-17-6-4-8-19(17)38-23(20)27-21(30)22(31)28-26-13-15-5-2-3-7-18(15)37-24(32)14-9-11-16(12-10-14)29(34)35/h2-3,5,7,9-13H,4,6,8H2,1H3,(H,27,30)(H,28,31)/b26-13+. The van der Waals surface area contributed by atoms with E-state index in [0.717, 1.165) is 23.3 Å². The molecule has 0 saturated carbocycles. The van der Waals surface area contributed by atoms with E-state index in [4.69, 9.17) is 9.47 Å². The minimum atomic E-state index is -1.08. The van der Waals surface area contributed by atoms with Gasteiger partial charge in [0.2, 0.25) is 0 Å². The van der Waals surface area contributed by atoms with E-state index < -0.39 is 28.7 Å². The molecule has 2 aromatic carbocycles. The quantitative estimate of drug-likeness (QED) is 0.116. The molecular weight excluding hydrogens is 516 g/mol. The lowest BCUT2D eigenvalue weighted by Crippen LogP contribution is -2.32. The van der Waals surface area contributed by atoms with E-state index >= 15 is 0 Å². The highest BCUT2D eigenvalue weighted by molar-refractivity contribution is 7.17. The Morgan fingerprint density at radius 2 is 1.76 bits per heavy atom. The van der Waals surface area contributed by atoms with Crippen LogP contribution in [-0.4, -0.2) is 42.0 Å².